The molecular formula is C76H140N8O20. The molecule has 0 aromatic heterocycles. The number of ether oxygens (including phenoxy) is 8. The van der Waals surface area contributed by atoms with Gasteiger partial charge < -0.3 is 48.1 Å². The van der Waals surface area contributed by atoms with Gasteiger partial charge in [0.25, 0.3) is 0 Å². The van der Waals surface area contributed by atoms with Crippen molar-refractivity contribution in [3.63, 3.8) is 0 Å². The molecule has 0 aromatic carbocycles. The van der Waals surface area contributed by atoms with E-state index < -0.39 is 105 Å². The van der Waals surface area contributed by atoms with E-state index in [1.807, 2.05) is 126 Å². The molecule has 0 amide bonds. The summed E-state index contributed by atoms with van der Waals surface area (Å²) in [6.07, 6.45) is 2.13. The average molecular weight is 1490 g/mol. The van der Waals surface area contributed by atoms with Crippen molar-refractivity contribution in [2.75, 3.05) is 131 Å². The summed E-state index contributed by atoms with van der Waals surface area (Å²) in [4.78, 5) is 146. The Morgan fingerprint density at radius 2 is 0.413 bits per heavy atom. The Morgan fingerprint density at radius 1 is 0.260 bits per heavy atom. The van der Waals surface area contributed by atoms with Crippen molar-refractivity contribution in [1.82, 2.24) is 39.2 Å². The third-order valence-electron chi connectivity index (χ3n) is 15.6. The van der Waals surface area contributed by atoms with Crippen LogP contribution in [-0.2, 0) is 85.8 Å². The molecule has 0 spiro atoms. The van der Waals surface area contributed by atoms with Crippen molar-refractivity contribution in [3.05, 3.63) is 0 Å². The smallest absolute Gasteiger partial charge is 0.323 e. The lowest BCUT2D eigenvalue weighted by Crippen LogP contribution is -2.54. The van der Waals surface area contributed by atoms with E-state index in [9.17, 15) is 58.2 Å². The van der Waals surface area contributed by atoms with Gasteiger partial charge in [-0.3, -0.25) is 87.1 Å². The second-order valence-corrected chi connectivity index (χ2v) is 35.2. The van der Waals surface area contributed by atoms with Crippen LogP contribution in [0.2, 0.25) is 0 Å². The van der Waals surface area contributed by atoms with E-state index in [4.69, 9.17) is 37.9 Å². The summed E-state index contributed by atoms with van der Waals surface area (Å²) in [5.41, 5.74) is -5.75. The lowest BCUT2D eigenvalue weighted by Gasteiger charge is -2.38. The molecule has 4 atom stereocenters. The van der Waals surface area contributed by atoms with Crippen molar-refractivity contribution >= 4 is 59.7 Å². The second-order valence-electron chi connectivity index (χ2n) is 35.2. The first-order chi connectivity index (χ1) is 47.4. The van der Waals surface area contributed by atoms with Gasteiger partial charge in [0, 0.05) is 118 Å². The zero-order valence-electron chi connectivity index (χ0n) is 68.9. The van der Waals surface area contributed by atoms with Gasteiger partial charge in [-0.2, -0.15) is 0 Å². The number of carbonyl (C=O) groups excluding carboxylic acids is 8. The fourth-order valence-corrected chi connectivity index (χ4v) is 11.5. The number of carboxylic acids is 2. The van der Waals surface area contributed by atoms with Crippen LogP contribution in [0.4, 0.5) is 0 Å². The number of rotatable bonds is 26. The highest BCUT2D eigenvalue weighted by Crippen LogP contribution is 2.23. The van der Waals surface area contributed by atoms with Crippen molar-refractivity contribution in [2.45, 2.75) is 300 Å². The van der Waals surface area contributed by atoms with Crippen molar-refractivity contribution < 1.29 is 96.1 Å². The minimum atomic E-state index is -1.07. The van der Waals surface area contributed by atoms with Crippen LogP contribution in [0, 0.1) is 0 Å². The van der Waals surface area contributed by atoms with E-state index >= 15 is 0 Å². The molecule has 2 heterocycles. The lowest BCUT2D eigenvalue weighted by atomic mass is 10.1. The predicted molar refractivity (Wildman–Crippen MR) is 398 cm³/mol. The van der Waals surface area contributed by atoms with Crippen molar-refractivity contribution in [3.8, 4) is 0 Å². The quantitative estimate of drug-likeness (QED) is 0.0613. The van der Waals surface area contributed by atoms with E-state index in [1.54, 1.807) is 83.1 Å². The Morgan fingerprint density at radius 3 is 0.548 bits per heavy atom. The first kappa shape index (κ1) is 96.4. The maximum absolute atomic E-state index is 13.6. The third kappa shape index (κ3) is 45.8. The second kappa shape index (κ2) is 43.4. The maximum Gasteiger partial charge on any atom is 0.323 e. The Labute approximate surface area is 623 Å². The van der Waals surface area contributed by atoms with Gasteiger partial charge in [-0.05, 0) is 192 Å². The molecule has 0 bridgehead atoms. The monoisotopic (exact) mass is 1490 g/mol. The highest BCUT2D eigenvalue weighted by Gasteiger charge is 2.38. The largest absolute Gasteiger partial charge is 0.481 e. The molecule has 604 valence electrons. The van der Waals surface area contributed by atoms with Gasteiger partial charge in [-0.15, -0.1) is 0 Å². The number of carboxylic acid groups (broad SMARTS) is 2. The molecule has 28 heteroatoms. The zero-order valence-corrected chi connectivity index (χ0v) is 68.9. The molecular weight excluding hydrogens is 1340 g/mol. The van der Waals surface area contributed by atoms with E-state index in [-0.39, 0.29) is 128 Å². The SMILES string of the molecule is CC(C)(C)OC(=O)CN1CCN([C@H](CCC(=O)O)C(=O)OC(C)(C)C)CCN(CC(=O)OC(C)(C)C)CCN([C@H](CCC(=O)O)C(=O)OC(C)(C)C)CC1.CCC[C@H](C(=O)OC(C)(C)C)N1CCN(CC(=O)OC(C)(C)C)CCN([C@H](CCC)C(=O)OC(C)(C)C)CCN(CC(=O)OC(C)(C)C)CC1. The predicted octanol–water partition coefficient (Wildman–Crippen LogP) is 7.95. The van der Waals surface area contributed by atoms with E-state index in [0.717, 1.165) is 12.8 Å². The summed E-state index contributed by atoms with van der Waals surface area (Å²) in [5, 5.41) is 19.1. The molecule has 0 unspecified atom stereocenters. The minimum absolute atomic E-state index is 0.0305. The Balaban J connectivity index is 0.00000104. The summed E-state index contributed by atoms with van der Waals surface area (Å²) < 4.78 is 45.9. The molecule has 0 saturated carbocycles. The first-order valence-electron chi connectivity index (χ1n) is 37.4. The standard InChI is InChI=1S/C38H68N4O12.C38H72N4O8/c1-35(2,3)51-31(47)25-39-17-21-41(27(13-15-29(43)44)33(49)53-37(7,8)9)23-19-40(26-32(48)52-36(4,5)6)20-24-42(22-18-39)28(14-16-30(45)46)34(50)54-38(10,11)12;1-15-17-29(33(45)49-37(9,10)11)41-23-19-39(27-31(43)47-35(3,4)5)21-25-42(30(18-16-2)34(46)50-38(12,13)14)26-22-40(20-24-41)28-32(44)48-36(6,7)8/h27-28H,13-26H2,1-12H3,(H,43,44)(H,45,46);29-30H,15-28H2,1-14H3/t27-,28-;29-,30-/m11/s1. The number of nitrogens with zero attached hydrogens (tertiary/aromatic N) is 8. The molecule has 2 aliphatic rings. The van der Waals surface area contributed by atoms with Crippen LogP contribution in [0.1, 0.15) is 231 Å². The van der Waals surface area contributed by atoms with Crippen LogP contribution in [-0.4, -0.2) is 309 Å². The molecule has 2 saturated heterocycles. The molecule has 2 aliphatic heterocycles. The molecule has 2 rings (SSSR count). The lowest BCUT2D eigenvalue weighted by molar-refractivity contribution is -0.164. The summed E-state index contributed by atoms with van der Waals surface area (Å²) in [7, 11) is 0. The molecule has 0 aromatic rings. The van der Waals surface area contributed by atoms with Gasteiger partial charge in [-0.1, -0.05) is 26.7 Å². The number of carbonyl (C=O) groups is 10. The van der Waals surface area contributed by atoms with Gasteiger partial charge in [0.05, 0.1) is 26.2 Å². The molecule has 104 heavy (non-hydrogen) atoms. The fraction of sp³-hybridized carbons (Fsp3) is 0.868. The van der Waals surface area contributed by atoms with Crippen molar-refractivity contribution in [1.29, 1.82) is 0 Å². The van der Waals surface area contributed by atoms with Crippen LogP contribution in [0.25, 0.3) is 0 Å². The summed E-state index contributed by atoms with van der Waals surface area (Å²) in [5.74, 6) is -5.51. The van der Waals surface area contributed by atoms with Crippen LogP contribution in [0.15, 0.2) is 0 Å². The van der Waals surface area contributed by atoms with Crippen molar-refractivity contribution in [2.24, 2.45) is 0 Å². The molecule has 2 fully saturated rings. The Kier molecular flexibility index (Phi) is 40.2. The summed E-state index contributed by atoms with van der Waals surface area (Å²) in [6.45, 7) is 52.8. The number of hydrogen-bond donors (Lipinski definition) is 2. The number of aliphatic carboxylic acids is 2. The average Bonchev–Trinajstić information content (AvgIpc) is 0.853. The summed E-state index contributed by atoms with van der Waals surface area (Å²) in [6, 6.07) is -2.88. The Bertz CT molecular complexity index is 2480. The number of esters is 8. The normalized spacial score (nSPS) is 18.3. The fourth-order valence-electron chi connectivity index (χ4n) is 11.5. The van der Waals surface area contributed by atoms with Gasteiger partial charge in [0.15, 0.2) is 0 Å². The highest BCUT2D eigenvalue weighted by atomic mass is 16.6. The molecule has 2 N–H and O–H groups in total. The molecule has 28 nitrogen and oxygen atoms in total. The first-order valence-corrected chi connectivity index (χ1v) is 37.4. The van der Waals surface area contributed by atoms with E-state index in [1.165, 1.54) is 0 Å². The zero-order chi connectivity index (χ0) is 80.2. The van der Waals surface area contributed by atoms with Gasteiger partial charge in [0.1, 0.15) is 69.0 Å². The van der Waals surface area contributed by atoms with E-state index in [2.05, 4.69) is 9.80 Å². The number of hydrogen-bond acceptors (Lipinski definition) is 26. The highest BCUT2D eigenvalue weighted by molar-refractivity contribution is 5.79. The molecule has 0 radical (unpaired) electrons. The van der Waals surface area contributed by atoms with Crippen LogP contribution >= 0.6 is 0 Å². The summed E-state index contributed by atoms with van der Waals surface area (Å²) >= 11 is 0. The topological polar surface area (TPSA) is 311 Å². The Hall–Kier alpha value is -5.62. The van der Waals surface area contributed by atoms with Gasteiger partial charge >= 0.3 is 59.7 Å². The van der Waals surface area contributed by atoms with Crippen LogP contribution in [0.5, 0.6) is 0 Å². The van der Waals surface area contributed by atoms with Crippen LogP contribution < -0.4 is 0 Å². The minimum Gasteiger partial charge on any atom is -0.481 e. The maximum atomic E-state index is 13.6. The van der Waals surface area contributed by atoms with Crippen LogP contribution in [0.3, 0.4) is 0 Å². The third-order valence-corrected chi connectivity index (χ3v) is 15.6. The van der Waals surface area contributed by atoms with Gasteiger partial charge in [-0.25, -0.2) is 0 Å². The van der Waals surface area contributed by atoms with Gasteiger partial charge in [0.2, 0.25) is 0 Å². The van der Waals surface area contributed by atoms with E-state index in [0.29, 0.717) is 65.2 Å². The molecule has 0 aliphatic carbocycles.